The number of nitrogens with one attached hydrogen (secondary N) is 2. The van der Waals surface area contributed by atoms with Crippen LogP contribution in [-0.4, -0.2) is 47.0 Å². The molecule has 146 valence electrons. The smallest absolute Gasteiger partial charge is 0.225 e. The molecule has 0 atom stereocenters. The van der Waals surface area contributed by atoms with Gasteiger partial charge in [-0.25, -0.2) is 9.37 Å². The Bertz CT molecular complexity index is 920. The van der Waals surface area contributed by atoms with E-state index in [0.29, 0.717) is 23.1 Å². The molecule has 3 aromatic rings. The van der Waals surface area contributed by atoms with Crippen molar-refractivity contribution < 1.29 is 4.39 Å². The average Bonchev–Trinajstić information content (AvgIpc) is 2.68. The van der Waals surface area contributed by atoms with Gasteiger partial charge < -0.3 is 15.5 Å². The van der Waals surface area contributed by atoms with Gasteiger partial charge in [-0.05, 0) is 57.4 Å². The molecule has 2 aromatic heterocycles. The number of aromatic nitrogens is 3. The second-order valence-corrected chi connectivity index (χ2v) is 6.92. The van der Waals surface area contributed by atoms with Crippen LogP contribution < -0.4 is 10.6 Å². The predicted octanol–water partition coefficient (Wildman–Crippen LogP) is 4.44. The summed E-state index contributed by atoms with van der Waals surface area (Å²) in [4.78, 5) is 15.6. The van der Waals surface area contributed by atoms with Crippen LogP contribution in [0.5, 0.6) is 0 Å². The van der Waals surface area contributed by atoms with Crippen molar-refractivity contribution in [1.82, 2.24) is 19.9 Å². The number of pyridine rings is 1. The molecule has 0 aliphatic rings. The fraction of sp³-hybridized carbons (Fsp3) is 0.250. The van der Waals surface area contributed by atoms with E-state index in [2.05, 4.69) is 30.5 Å². The van der Waals surface area contributed by atoms with Crippen molar-refractivity contribution in [1.29, 1.82) is 0 Å². The molecular formula is C20H22ClFN6. The summed E-state index contributed by atoms with van der Waals surface area (Å²) in [6, 6.07) is 11.6. The summed E-state index contributed by atoms with van der Waals surface area (Å²) < 4.78 is 13.3. The number of rotatable bonds is 8. The molecule has 1 aromatic carbocycles. The van der Waals surface area contributed by atoms with E-state index in [1.165, 1.54) is 12.1 Å². The summed E-state index contributed by atoms with van der Waals surface area (Å²) in [5.74, 6) is 0.637. The van der Waals surface area contributed by atoms with E-state index in [-0.39, 0.29) is 5.02 Å². The van der Waals surface area contributed by atoms with Crippen LogP contribution in [0.15, 0.2) is 48.7 Å². The Morgan fingerprint density at radius 1 is 1.07 bits per heavy atom. The number of hydrogen-bond donors (Lipinski definition) is 2. The summed E-state index contributed by atoms with van der Waals surface area (Å²) in [7, 11) is 4.07. The molecule has 0 unspecified atom stereocenters. The lowest BCUT2D eigenvalue weighted by Gasteiger charge is -2.13. The molecule has 0 amide bonds. The van der Waals surface area contributed by atoms with Crippen LogP contribution in [0.2, 0.25) is 5.02 Å². The third-order valence-corrected chi connectivity index (χ3v) is 4.23. The Morgan fingerprint density at radius 3 is 2.64 bits per heavy atom. The Morgan fingerprint density at radius 2 is 1.93 bits per heavy atom. The van der Waals surface area contributed by atoms with Gasteiger partial charge in [-0.2, -0.15) is 4.98 Å². The van der Waals surface area contributed by atoms with Gasteiger partial charge in [0.15, 0.2) is 0 Å². The van der Waals surface area contributed by atoms with E-state index in [1.54, 1.807) is 18.3 Å². The summed E-state index contributed by atoms with van der Waals surface area (Å²) in [6.45, 7) is 1.70. The van der Waals surface area contributed by atoms with Crippen molar-refractivity contribution in [2.24, 2.45) is 0 Å². The lowest BCUT2D eigenvalue weighted by molar-refractivity contribution is 0.405. The minimum absolute atomic E-state index is 0.276. The topological polar surface area (TPSA) is 66.0 Å². The number of nitrogens with zero attached hydrogens (tertiary/aromatic N) is 4. The van der Waals surface area contributed by atoms with Gasteiger partial charge in [0.1, 0.15) is 11.6 Å². The fourth-order valence-electron chi connectivity index (χ4n) is 2.56. The van der Waals surface area contributed by atoms with Crippen LogP contribution >= 0.6 is 11.6 Å². The van der Waals surface area contributed by atoms with Crippen LogP contribution in [-0.2, 0) is 0 Å². The molecule has 2 N–H and O–H groups in total. The Labute approximate surface area is 168 Å². The largest absolute Gasteiger partial charge is 0.354 e. The van der Waals surface area contributed by atoms with Crippen LogP contribution in [0.4, 0.5) is 21.8 Å². The molecule has 0 radical (unpaired) electrons. The maximum Gasteiger partial charge on any atom is 0.225 e. The van der Waals surface area contributed by atoms with Crippen LogP contribution in [0, 0.1) is 5.82 Å². The highest BCUT2D eigenvalue weighted by atomic mass is 35.5. The molecule has 2 heterocycles. The van der Waals surface area contributed by atoms with Crippen molar-refractivity contribution in [2.75, 3.05) is 37.8 Å². The summed E-state index contributed by atoms with van der Waals surface area (Å²) in [5.41, 5.74) is 1.97. The molecule has 0 aliphatic heterocycles. The first-order chi connectivity index (χ1) is 13.5. The van der Waals surface area contributed by atoms with Crippen molar-refractivity contribution >= 4 is 29.1 Å². The van der Waals surface area contributed by atoms with E-state index in [0.717, 1.165) is 25.2 Å². The molecule has 3 rings (SSSR count). The van der Waals surface area contributed by atoms with Crippen molar-refractivity contribution in [3.63, 3.8) is 0 Å². The van der Waals surface area contributed by atoms with Crippen molar-refractivity contribution in [3.05, 3.63) is 59.5 Å². The number of anilines is 3. The highest BCUT2D eigenvalue weighted by Crippen LogP contribution is 2.27. The van der Waals surface area contributed by atoms with E-state index >= 15 is 0 Å². The maximum absolute atomic E-state index is 13.3. The van der Waals surface area contributed by atoms with E-state index < -0.39 is 5.82 Å². The molecule has 28 heavy (non-hydrogen) atoms. The van der Waals surface area contributed by atoms with E-state index in [1.807, 2.05) is 32.3 Å². The highest BCUT2D eigenvalue weighted by Gasteiger charge is 2.10. The van der Waals surface area contributed by atoms with Crippen LogP contribution in [0.3, 0.4) is 0 Å². The SMILES string of the molecule is CN(C)CCCNc1nc(Nc2ccc(F)cc2Cl)cc(-c2ccccn2)n1. The molecule has 0 spiro atoms. The monoisotopic (exact) mass is 400 g/mol. The first kappa shape index (κ1) is 20.0. The minimum atomic E-state index is -0.393. The fourth-order valence-corrected chi connectivity index (χ4v) is 2.77. The minimum Gasteiger partial charge on any atom is -0.354 e. The quantitative estimate of drug-likeness (QED) is 0.545. The summed E-state index contributed by atoms with van der Waals surface area (Å²) >= 11 is 6.13. The Balaban J connectivity index is 1.86. The van der Waals surface area contributed by atoms with Gasteiger partial charge in [0, 0.05) is 18.8 Å². The second-order valence-electron chi connectivity index (χ2n) is 6.51. The van der Waals surface area contributed by atoms with Crippen LogP contribution in [0.1, 0.15) is 6.42 Å². The van der Waals surface area contributed by atoms with E-state index in [4.69, 9.17) is 11.6 Å². The van der Waals surface area contributed by atoms with Gasteiger partial charge in [0.25, 0.3) is 0 Å². The molecule has 0 saturated carbocycles. The third-order valence-electron chi connectivity index (χ3n) is 3.91. The molecular weight excluding hydrogens is 379 g/mol. The Kier molecular flexibility index (Phi) is 6.73. The molecule has 8 heteroatoms. The van der Waals surface area contributed by atoms with Gasteiger partial charge in [0.2, 0.25) is 5.95 Å². The summed E-state index contributed by atoms with van der Waals surface area (Å²) in [5, 5.41) is 6.66. The van der Waals surface area contributed by atoms with E-state index in [9.17, 15) is 4.39 Å². The van der Waals surface area contributed by atoms with Crippen molar-refractivity contribution in [2.45, 2.75) is 6.42 Å². The maximum atomic E-state index is 13.3. The number of benzene rings is 1. The van der Waals surface area contributed by atoms with Crippen molar-refractivity contribution in [3.8, 4) is 11.4 Å². The normalized spacial score (nSPS) is 10.9. The molecule has 0 bridgehead atoms. The zero-order chi connectivity index (χ0) is 19.9. The van der Waals surface area contributed by atoms with Gasteiger partial charge in [-0.3, -0.25) is 4.98 Å². The molecule has 0 fully saturated rings. The summed E-state index contributed by atoms with van der Waals surface area (Å²) in [6.07, 6.45) is 2.67. The average molecular weight is 401 g/mol. The zero-order valence-corrected chi connectivity index (χ0v) is 16.5. The first-order valence-corrected chi connectivity index (χ1v) is 9.30. The van der Waals surface area contributed by atoms with Gasteiger partial charge in [-0.15, -0.1) is 0 Å². The molecule has 0 aliphatic carbocycles. The van der Waals surface area contributed by atoms with Gasteiger partial charge >= 0.3 is 0 Å². The molecule has 0 saturated heterocycles. The lowest BCUT2D eigenvalue weighted by atomic mass is 10.2. The number of halogens is 2. The predicted molar refractivity (Wildman–Crippen MR) is 112 cm³/mol. The Hall–Kier alpha value is -2.77. The van der Waals surface area contributed by atoms with Gasteiger partial charge in [-0.1, -0.05) is 17.7 Å². The molecule has 6 nitrogen and oxygen atoms in total. The van der Waals surface area contributed by atoms with Gasteiger partial charge in [0.05, 0.1) is 22.1 Å². The van der Waals surface area contributed by atoms with Crippen LogP contribution in [0.25, 0.3) is 11.4 Å². The lowest BCUT2D eigenvalue weighted by Crippen LogP contribution is -2.17. The zero-order valence-electron chi connectivity index (χ0n) is 15.8. The second kappa shape index (κ2) is 9.43. The highest BCUT2D eigenvalue weighted by molar-refractivity contribution is 6.33. The number of hydrogen-bond acceptors (Lipinski definition) is 6. The third kappa shape index (κ3) is 5.61. The first-order valence-electron chi connectivity index (χ1n) is 8.92. The standard InChI is InChI=1S/C20H22ClFN6/c1-28(2)11-5-10-24-20-26-18(17-6-3-4-9-23-17)13-19(27-20)25-16-8-7-14(22)12-15(16)21/h3-4,6-9,12-13H,5,10-11H2,1-2H3,(H2,24,25,26,27).